The van der Waals surface area contributed by atoms with Crippen LogP contribution in [0.15, 0.2) is 48.5 Å². The first-order valence-corrected chi connectivity index (χ1v) is 12.2. The fourth-order valence-electron chi connectivity index (χ4n) is 5.95. The van der Waals surface area contributed by atoms with Crippen molar-refractivity contribution in [1.82, 2.24) is 20.6 Å². The van der Waals surface area contributed by atoms with Crippen LogP contribution in [0.5, 0.6) is 0 Å². The predicted octanol–water partition coefficient (Wildman–Crippen LogP) is 3.80. The second-order valence-electron chi connectivity index (χ2n) is 9.68. The SMILES string of the molecule is O=C(O)[C@@H]1Cc2c([nH]c3ccccc23)[C@H](CCC[C@H]2N[C@H](C(=O)O)Cc3c2[nH]c2ccccc32)N1. The van der Waals surface area contributed by atoms with Gasteiger partial charge < -0.3 is 20.2 Å². The molecule has 4 aromatic rings. The predicted molar refractivity (Wildman–Crippen MR) is 132 cm³/mol. The topological polar surface area (TPSA) is 130 Å². The lowest BCUT2D eigenvalue weighted by Gasteiger charge is -2.31. The van der Waals surface area contributed by atoms with E-state index in [2.05, 4.69) is 20.6 Å². The van der Waals surface area contributed by atoms with Crippen molar-refractivity contribution in [2.24, 2.45) is 0 Å². The molecular weight excluding hydrogens is 444 g/mol. The van der Waals surface area contributed by atoms with Crippen LogP contribution in [0.4, 0.5) is 0 Å². The molecule has 2 aromatic heterocycles. The Hall–Kier alpha value is -3.62. The molecular formula is C27H28N4O4. The summed E-state index contributed by atoms with van der Waals surface area (Å²) in [6.07, 6.45) is 3.20. The lowest BCUT2D eigenvalue weighted by atomic mass is 9.89. The van der Waals surface area contributed by atoms with Gasteiger partial charge in [-0.1, -0.05) is 36.4 Å². The van der Waals surface area contributed by atoms with Gasteiger partial charge in [0.25, 0.3) is 0 Å². The lowest BCUT2D eigenvalue weighted by Crippen LogP contribution is -2.45. The summed E-state index contributed by atoms with van der Waals surface area (Å²) in [5.74, 6) is -1.68. The van der Waals surface area contributed by atoms with Crippen molar-refractivity contribution in [2.45, 2.75) is 56.3 Å². The average Bonchev–Trinajstić information content (AvgIpc) is 3.42. The molecule has 0 aliphatic carbocycles. The summed E-state index contributed by atoms with van der Waals surface area (Å²) in [6.45, 7) is 0. The molecule has 0 saturated carbocycles. The van der Waals surface area contributed by atoms with E-state index in [4.69, 9.17) is 0 Å². The Morgan fingerprint density at radius 3 is 1.57 bits per heavy atom. The number of carboxylic acid groups (broad SMARTS) is 2. The molecule has 2 aromatic carbocycles. The smallest absolute Gasteiger partial charge is 0.321 e. The maximum absolute atomic E-state index is 11.9. The van der Waals surface area contributed by atoms with E-state index >= 15 is 0 Å². The number of fused-ring (bicyclic) bond motifs is 6. The van der Waals surface area contributed by atoms with E-state index in [1.165, 1.54) is 0 Å². The van der Waals surface area contributed by atoms with Crippen LogP contribution in [0.25, 0.3) is 21.8 Å². The number of H-pyrrole nitrogens is 2. The van der Waals surface area contributed by atoms with Gasteiger partial charge >= 0.3 is 11.9 Å². The minimum atomic E-state index is -0.841. The first kappa shape index (κ1) is 21.9. The molecule has 0 saturated heterocycles. The number of aromatic nitrogens is 2. The molecule has 180 valence electrons. The highest BCUT2D eigenvalue weighted by molar-refractivity contribution is 5.87. The number of hydrogen-bond donors (Lipinski definition) is 6. The number of rotatable bonds is 6. The number of carboxylic acids is 2. The van der Waals surface area contributed by atoms with Crippen molar-refractivity contribution in [3.05, 3.63) is 71.0 Å². The number of aliphatic carboxylic acids is 2. The van der Waals surface area contributed by atoms with E-state index in [9.17, 15) is 19.8 Å². The molecule has 4 atom stereocenters. The van der Waals surface area contributed by atoms with Gasteiger partial charge in [-0.25, -0.2) is 0 Å². The third kappa shape index (κ3) is 3.79. The summed E-state index contributed by atoms with van der Waals surface area (Å²) in [4.78, 5) is 30.8. The van der Waals surface area contributed by atoms with Gasteiger partial charge in [-0.3, -0.25) is 20.2 Å². The molecule has 0 unspecified atom stereocenters. The van der Waals surface area contributed by atoms with Gasteiger partial charge in [-0.15, -0.1) is 0 Å². The van der Waals surface area contributed by atoms with E-state index < -0.39 is 24.0 Å². The monoisotopic (exact) mass is 472 g/mol. The quantitative estimate of drug-likeness (QED) is 0.253. The highest BCUT2D eigenvalue weighted by Crippen LogP contribution is 2.37. The third-order valence-corrected chi connectivity index (χ3v) is 7.59. The second-order valence-corrected chi connectivity index (χ2v) is 9.68. The van der Waals surface area contributed by atoms with Crippen molar-refractivity contribution in [1.29, 1.82) is 0 Å². The van der Waals surface area contributed by atoms with Crippen LogP contribution in [0.1, 0.15) is 53.9 Å². The van der Waals surface area contributed by atoms with Gasteiger partial charge in [0.15, 0.2) is 0 Å². The van der Waals surface area contributed by atoms with Gasteiger partial charge in [0, 0.05) is 58.1 Å². The Balaban J connectivity index is 1.25. The molecule has 6 N–H and O–H groups in total. The van der Waals surface area contributed by atoms with E-state index in [-0.39, 0.29) is 12.1 Å². The van der Waals surface area contributed by atoms with Crippen LogP contribution >= 0.6 is 0 Å². The van der Waals surface area contributed by atoms with Crippen LogP contribution in [0.3, 0.4) is 0 Å². The molecule has 8 nitrogen and oxygen atoms in total. The minimum Gasteiger partial charge on any atom is -0.480 e. The summed E-state index contributed by atoms with van der Waals surface area (Å²) in [5.41, 5.74) is 6.34. The molecule has 0 radical (unpaired) electrons. The fraction of sp³-hybridized carbons (Fsp3) is 0.333. The normalized spacial score (nSPS) is 23.8. The Labute approximate surface area is 201 Å². The van der Waals surface area contributed by atoms with Crippen molar-refractivity contribution in [3.63, 3.8) is 0 Å². The lowest BCUT2D eigenvalue weighted by molar-refractivity contribution is -0.140. The molecule has 6 rings (SSSR count). The molecule has 8 heteroatoms. The Kier molecular flexibility index (Phi) is 5.35. The number of aromatic amines is 2. The van der Waals surface area contributed by atoms with E-state index in [0.717, 1.165) is 63.6 Å². The zero-order chi connectivity index (χ0) is 24.1. The molecule has 35 heavy (non-hydrogen) atoms. The van der Waals surface area contributed by atoms with Gasteiger partial charge in [-0.2, -0.15) is 0 Å². The van der Waals surface area contributed by atoms with Crippen LogP contribution < -0.4 is 10.6 Å². The fourth-order valence-corrected chi connectivity index (χ4v) is 5.95. The van der Waals surface area contributed by atoms with Crippen LogP contribution in [-0.2, 0) is 22.4 Å². The zero-order valence-corrected chi connectivity index (χ0v) is 19.2. The van der Waals surface area contributed by atoms with Crippen LogP contribution in [-0.4, -0.2) is 44.2 Å². The number of nitrogens with one attached hydrogen (secondary N) is 4. The highest BCUT2D eigenvalue weighted by atomic mass is 16.4. The average molecular weight is 473 g/mol. The first-order valence-electron chi connectivity index (χ1n) is 12.2. The van der Waals surface area contributed by atoms with E-state index in [1.807, 2.05) is 48.5 Å². The molecule has 0 spiro atoms. The number of para-hydroxylation sites is 2. The Bertz CT molecular complexity index is 1330. The maximum Gasteiger partial charge on any atom is 0.321 e. The van der Waals surface area contributed by atoms with Gasteiger partial charge in [-0.05, 0) is 42.5 Å². The first-order chi connectivity index (χ1) is 17.0. The van der Waals surface area contributed by atoms with Gasteiger partial charge in [0.2, 0.25) is 0 Å². The molecule has 2 aliphatic heterocycles. The standard InChI is InChI=1S/C27H28N4O4/c32-26(33)22-12-16-14-6-1-3-8-18(14)30-24(16)20(28-22)10-5-11-21-25-17(13-23(29-21)27(34)35)15-7-2-4-9-19(15)31-25/h1-4,6-9,20-23,28-31H,5,10-13H2,(H,32,33)(H,34,35)/t20-,21+,22-,23-/m0/s1. The summed E-state index contributed by atoms with van der Waals surface area (Å²) < 4.78 is 0. The molecule has 2 aliphatic rings. The summed E-state index contributed by atoms with van der Waals surface area (Å²) >= 11 is 0. The van der Waals surface area contributed by atoms with E-state index in [1.54, 1.807) is 0 Å². The van der Waals surface area contributed by atoms with Crippen molar-refractivity contribution >= 4 is 33.7 Å². The number of carbonyl (C=O) groups is 2. The summed E-state index contributed by atoms with van der Waals surface area (Å²) in [6, 6.07) is 14.6. The second kappa shape index (κ2) is 8.55. The zero-order valence-electron chi connectivity index (χ0n) is 19.2. The van der Waals surface area contributed by atoms with Gasteiger partial charge in [0.1, 0.15) is 12.1 Å². The Morgan fingerprint density at radius 2 is 1.14 bits per heavy atom. The molecule has 4 heterocycles. The van der Waals surface area contributed by atoms with Gasteiger partial charge in [0.05, 0.1) is 0 Å². The molecule has 0 bridgehead atoms. The van der Waals surface area contributed by atoms with E-state index in [0.29, 0.717) is 12.8 Å². The maximum atomic E-state index is 11.9. The third-order valence-electron chi connectivity index (χ3n) is 7.59. The van der Waals surface area contributed by atoms with Crippen LogP contribution in [0.2, 0.25) is 0 Å². The minimum absolute atomic E-state index is 0.103. The molecule has 0 amide bonds. The highest BCUT2D eigenvalue weighted by Gasteiger charge is 2.35. The summed E-state index contributed by atoms with van der Waals surface area (Å²) in [5, 5.41) is 28.3. The largest absolute Gasteiger partial charge is 0.480 e. The molecule has 0 fully saturated rings. The number of benzene rings is 2. The van der Waals surface area contributed by atoms with Crippen molar-refractivity contribution in [3.8, 4) is 0 Å². The summed E-state index contributed by atoms with van der Waals surface area (Å²) in [7, 11) is 0. The van der Waals surface area contributed by atoms with Crippen LogP contribution in [0, 0.1) is 0 Å². The Morgan fingerprint density at radius 1 is 0.714 bits per heavy atom. The van der Waals surface area contributed by atoms with Crippen molar-refractivity contribution < 1.29 is 19.8 Å². The number of hydrogen-bond acceptors (Lipinski definition) is 4. The van der Waals surface area contributed by atoms with Crippen molar-refractivity contribution in [2.75, 3.05) is 0 Å².